The minimum atomic E-state index is -0.548. The molecule has 2 atom stereocenters. The largest absolute Gasteiger partial charge is 0.496 e. The molecule has 0 saturated carbocycles. The standard InChI is InChI=1S/C21H26N2O3.ClH/c1-15-8-10-17(11-9-15)26-16(2)21(24)23-13-12-22-14-19(23)18-6-4-5-7-20(18)25-3;/h4-11,16,19,22H,12-14H2,1-3H3;1H. The van der Waals surface area contributed by atoms with Gasteiger partial charge in [-0.1, -0.05) is 35.9 Å². The number of aryl methyl sites for hydroxylation is 1. The molecule has 0 bridgehead atoms. The van der Waals surface area contributed by atoms with Crippen LogP contribution in [0.15, 0.2) is 48.5 Å². The number of hydrogen-bond acceptors (Lipinski definition) is 4. The second-order valence-corrected chi connectivity index (χ2v) is 6.57. The number of halogens is 1. The van der Waals surface area contributed by atoms with Crippen LogP contribution in [-0.2, 0) is 4.79 Å². The summed E-state index contributed by atoms with van der Waals surface area (Å²) in [5, 5.41) is 3.37. The van der Waals surface area contributed by atoms with Crippen molar-refractivity contribution in [2.75, 3.05) is 26.7 Å². The minimum Gasteiger partial charge on any atom is -0.496 e. The number of nitrogens with zero attached hydrogens (tertiary/aromatic N) is 1. The second kappa shape index (κ2) is 9.62. The van der Waals surface area contributed by atoms with Crippen molar-refractivity contribution in [3.05, 3.63) is 59.7 Å². The lowest BCUT2D eigenvalue weighted by Gasteiger charge is -2.38. The predicted molar refractivity (Wildman–Crippen MR) is 109 cm³/mol. The van der Waals surface area contributed by atoms with Gasteiger partial charge in [0.2, 0.25) is 0 Å². The number of amides is 1. The van der Waals surface area contributed by atoms with Gasteiger partial charge in [-0.05, 0) is 32.0 Å². The number of nitrogens with one attached hydrogen (secondary N) is 1. The average Bonchev–Trinajstić information content (AvgIpc) is 2.69. The molecule has 0 aliphatic carbocycles. The van der Waals surface area contributed by atoms with Crippen LogP contribution < -0.4 is 14.8 Å². The Balaban J connectivity index is 0.00000261. The molecule has 6 heteroatoms. The van der Waals surface area contributed by atoms with Crippen LogP contribution in [0.3, 0.4) is 0 Å². The van der Waals surface area contributed by atoms with Crippen LogP contribution in [0.4, 0.5) is 0 Å². The highest BCUT2D eigenvalue weighted by Crippen LogP contribution is 2.30. The molecule has 27 heavy (non-hydrogen) atoms. The number of hydrogen-bond donors (Lipinski definition) is 1. The fourth-order valence-corrected chi connectivity index (χ4v) is 3.29. The number of methoxy groups -OCH3 is 1. The molecule has 2 aromatic rings. The number of benzene rings is 2. The van der Waals surface area contributed by atoms with E-state index in [1.807, 2.05) is 67.3 Å². The van der Waals surface area contributed by atoms with Crippen LogP contribution in [0.5, 0.6) is 11.5 Å². The van der Waals surface area contributed by atoms with Crippen LogP contribution in [0.2, 0.25) is 0 Å². The maximum atomic E-state index is 13.1. The molecule has 2 unspecified atom stereocenters. The van der Waals surface area contributed by atoms with E-state index < -0.39 is 6.10 Å². The van der Waals surface area contributed by atoms with Crippen molar-refractivity contribution in [1.29, 1.82) is 0 Å². The molecule has 1 amide bonds. The molecule has 3 rings (SSSR count). The first kappa shape index (κ1) is 21.1. The first-order valence-corrected chi connectivity index (χ1v) is 8.97. The quantitative estimate of drug-likeness (QED) is 0.850. The van der Waals surface area contributed by atoms with Crippen molar-refractivity contribution in [3.63, 3.8) is 0 Å². The first-order valence-electron chi connectivity index (χ1n) is 8.97. The van der Waals surface area contributed by atoms with E-state index in [9.17, 15) is 4.79 Å². The van der Waals surface area contributed by atoms with Gasteiger partial charge in [0.1, 0.15) is 11.5 Å². The summed E-state index contributed by atoms with van der Waals surface area (Å²) in [7, 11) is 1.66. The summed E-state index contributed by atoms with van der Waals surface area (Å²) in [4.78, 5) is 15.0. The van der Waals surface area contributed by atoms with Gasteiger partial charge in [0, 0.05) is 25.2 Å². The molecular weight excluding hydrogens is 364 g/mol. The van der Waals surface area contributed by atoms with Crippen molar-refractivity contribution in [2.45, 2.75) is 26.0 Å². The lowest BCUT2D eigenvalue weighted by Crippen LogP contribution is -2.52. The van der Waals surface area contributed by atoms with Crippen LogP contribution in [0, 0.1) is 6.92 Å². The van der Waals surface area contributed by atoms with Crippen molar-refractivity contribution in [3.8, 4) is 11.5 Å². The van der Waals surface area contributed by atoms with E-state index in [1.54, 1.807) is 7.11 Å². The van der Waals surface area contributed by atoms with E-state index in [0.29, 0.717) is 18.8 Å². The molecular formula is C21H27ClN2O3. The SMILES string of the molecule is COc1ccccc1C1CNCCN1C(=O)C(C)Oc1ccc(C)cc1.Cl. The van der Waals surface area contributed by atoms with Crippen molar-refractivity contribution in [2.24, 2.45) is 0 Å². The normalized spacial score (nSPS) is 17.6. The molecule has 1 aliphatic rings. The molecule has 0 spiro atoms. The minimum absolute atomic E-state index is 0. The fraction of sp³-hybridized carbons (Fsp3) is 0.381. The number of para-hydroxylation sites is 1. The van der Waals surface area contributed by atoms with E-state index in [-0.39, 0.29) is 24.4 Å². The van der Waals surface area contributed by atoms with Gasteiger partial charge in [-0.15, -0.1) is 12.4 Å². The van der Waals surface area contributed by atoms with Gasteiger partial charge in [-0.3, -0.25) is 4.79 Å². The molecule has 0 aromatic heterocycles. The fourth-order valence-electron chi connectivity index (χ4n) is 3.29. The number of piperazine rings is 1. The van der Waals surface area contributed by atoms with Crippen molar-refractivity contribution >= 4 is 18.3 Å². The molecule has 1 N–H and O–H groups in total. The number of carbonyl (C=O) groups is 1. The molecule has 1 saturated heterocycles. The third-order valence-electron chi connectivity index (χ3n) is 4.71. The van der Waals surface area contributed by atoms with Gasteiger partial charge in [0.25, 0.3) is 5.91 Å². The van der Waals surface area contributed by atoms with Crippen molar-refractivity contribution in [1.82, 2.24) is 10.2 Å². The highest BCUT2D eigenvalue weighted by atomic mass is 35.5. The number of ether oxygens (including phenoxy) is 2. The Kier molecular flexibility index (Phi) is 7.51. The van der Waals surface area contributed by atoms with E-state index in [0.717, 1.165) is 23.4 Å². The van der Waals surface area contributed by atoms with Gasteiger partial charge in [-0.25, -0.2) is 0 Å². The zero-order chi connectivity index (χ0) is 18.5. The van der Waals surface area contributed by atoms with Crippen LogP contribution in [0.1, 0.15) is 24.1 Å². The van der Waals surface area contributed by atoms with Gasteiger partial charge in [0.15, 0.2) is 6.10 Å². The monoisotopic (exact) mass is 390 g/mol. The Hall–Kier alpha value is -2.24. The zero-order valence-corrected chi connectivity index (χ0v) is 16.8. The van der Waals surface area contributed by atoms with E-state index in [2.05, 4.69) is 5.32 Å². The highest BCUT2D eigenvalue weighted by Gasteiger charge is 2.32. The van der Waals surface area contributed by atoms with Crippen LogP contribution in [-0.4, -0.2) is 43.7 Å². The van der Waals surface area contributed by atoms with E-state index in [4.69, 9.17) is 9.47 Å². The highest BCUT2D eigenvalue weighted by molar-refractivity contribution is 5.85. The summed E-state index contributed by atoms with van der Waals surface area (Å²) >= 11 is 0. The van der Waals surface area contributed by atoms with Gasteiger partial charge >= 0.3 is 0 Å². The lowest BCUT2D eigenvalue weighted by molar-refractivity contribution is -0.141. The Morgan fingerprint density at radius 3 is 2.59 bits per heavy atom. The molecule has 1 aliphatic heterocycles. The number of rotatable bonds is 5. The summed E-state index contributed by atoms with van der Waals surface area (Å²) in [6.07, 6.45) is -0.548. The second-order valence-electron chi connectivity index (χ2n) is 6.57. The average molecular weight is 391 g/mol. The van der Waals surface area contributed by atoms with E-state index in [1.165, 1.54) is 0 Å². The molecule has 1 heterocycles. The third kappa shape index (κ3) is 4.93. The van der Waals surface area contributed by atoms with Gasteiger partial charge in [-0.2, -0.15) is 0 Å². The van der Waals surface area contributed by atoms with Crippen LogP contribution in [0.25, 0.3) is 0 Å². The lowest BCUT2D eigenvalue weighted by atomic mass is 10.0. The Labute approximate surface area is 167 Å². The zero-order valence-electron chi connectivity index (χ0n) is 16.0. The van der Waals surface area contributed by atoms with Gasteiger partial charge in [0.05, 0.1) is 13.2 Å². The molecule has 5 nitrogen and oxygen atoms in total. The third-order valence-corrected chi connectivity index (χ3v) is 4.71. The summed E-state index contributed by atoms with van der Waals surface area (Å²) in [5.74, 6) is 1.49. The first-order chi connectivity index (χ1) is 12.6. The topological polar surface area (TPSA) is 50.8 Å². The van der Waals surface area contributed by atoms with E-state index >= 15 is 0 Å². The summed E-state index contributed by atoms with van der Waals surface area (Å²) in [6, 6.07) is 15.5. The van der Waals surface area contributed by atoms with Crippen LogP contribution >= 0.6 is 12.4 Å². The Morgan fingerprint density at radius 1 is 1.19 bits per heavy atom. The summed E-state index contributed by atoms with van der Waals surface area (Å²) in [6.45, 7) is 5.95. The number of carbonyl (C=O) groups excluding carboxylic acids is 1. The molecule has 2 aromatic carbocycles. The van der Waals surface area contributed by atoms with Crippen molar-refractivity contribution < 1.29 is 14.3 Å². The molecule has 146 valence electrons. The Morgan fingerprint density at radius 2 is 1.89 bits per heavy atom. The summed E-state index contributed by atoms with van der Waals surface area (Å²) < 4.78 is 11.4. The summed E-state index contributed by atoms with van der Waals surface area (Å²) in [5.41, 5.74) is 2.17. The molecule has 0 radical (unpaired) electrons. The smallest absolute Gasteiger partial charge is 0.263 e. The predicted octanol–water partition coefficient (Wildman–Crippen LogP) is 3.37. The van der Waals surface area contributed by atoms with Gasteiger partial charge < -0.3 is 19.7 Å². The molecule has 1 fully saturated rings. The Bertz CT molecular complexity index is 751. The maximum absolute atomic E-state index is 13.1. The maximum Gasteiger partial charge on any atom is 0.263 e.